The van der Waals surface area contributed by atoms with Gasteiger partial charge in [-0.25, -0.2) is 4.79 Å². The molecule has 64 valence electrons. The first kappa shape index (κ1) is 8.67. The number of nitrogens with zero attached hydrogens (tertiary/aromatic N) is 1. The average molecular weight is 166 g/mol. The Kier molecular flexibility index (Phi) is 2.40. The van der Waals surface area contributed by atoms with Gasteiger partial charge in [0.2, 0.25) is 0 Å². The predicted molar refractivity (Wildman–Crippen MR) is 43.8 cm³/mol. The maximum Gasteiger partial charge on any atom is 0.337 e. The molecule has 0 radical (unpaired) electrons. The van der Waals surface area contributed by atoms with Gasteiger partial charge in [-0.05, 0) is 18.6 Å². The molecule has 0 saturated carbocycles. The van der Waals surface area contributed by atoms with Crippen molar-refractivity contribution in [1.29, 1.82) is 0 Å². The summed E-state index contributed by atoms with van der Waals surface area (Å²) in [7, 11) is 0. The highest BCUT2D eigenvalue weighted by Crippen LogP contribution is 2.09. The first-order chi connectivity index (χ1) is 5.61. The summed E-state index contributed by atoms with van der Waals surface area (Å²) in [5.74, 6) is -0.981. The smallest absolute Gasteiger partial charge is 0.337 e. The molecule has 4 heteroatoms. The highest BCUT2D eigenvalue weighted by atomic mass is 16.4. The van der Waals surface area contributed by atoms with Gasteiger partial charge in [-0.1, -0.05) is 0 Å². The summed E-state index contributed by atoms with van der Waals surface area (Å²) in [5, 5.41) is 8.61. The number of hydrogen-bond acceptors (Lipinski definition) is 3. The van der Waals surface area contributed by atoms with E-state index < -0.39 is 5.97 Å². The van der Waals surface area contributed by atoms with E-state index in [-0.39, 0.29) is 11.6 Å². The minimum Gasteiger partial charge on any atom is -0.478 e. The van der Waals surface area contributed by atoms with Crippen molar-refractivity contribution in [1.82, 2.24) is 4.98 Å². The minimum absolute atomic E-state index is 0.171. The Morgan fingerprint density at radius 1 is 1.67 bits per heavy atom. The molecule has 1 atom stereocenters. The van der Waals surface area contributed by atoms with Gasteiger partial charge in [0.25, 0.3) is 0 Å². The van der Waals surface area contributed by atoms with E-state index in [4.69, 9.17) is 10.8 Å². The van der Waals surface area contributed by atoms with Crippen LogP contribution in [0.3, 0.4) is 0 Å². The monoisotopic (exact) mass is 166 g/mol. The van der Waals surface area contributed by atoms with E-state index >= 15 is 0 Å². The van der Waals surface area contributed by atoms with Crippen molar-refractivity contribution in [2.45, 2.75) is 13.0 Å². The molecule has 0 aliphatic rings. The van der Waals surface area contributed by atoms with Crippen molar-refractivity contribution >= 4 is 5.97 Å². The summed E-state index contributed by atoms with van der Waals surface area (Å²) in [6.45, 7) is 1.78. The first-order valence-electron chi connectivity index (χ1n) is 3.55. The van der Waals surface area contributed by atoms with Crippen LogP contribution in [0.15, 0.2) is 18.5 Å². The topological polar surface area (TPSA) is 76.2 Å². The SMILES string of the molecule is CC(N)c1cncc(C(=O)O)c1. The quantitative estimate of drug-likeness (QED) is 0.681. The molecule has 1 aromatic rings. The van der Waals surface area contributed by atoms with E-state index in [1.54, 1.807) is 13.1 Å². The predicted octanol–water partition coefficient (Wildman–Crippen LogP) is 0.800. The normalized spacial score (nSPS) is 12.5. The third kappa shape index (κ3) is 1.79. The van der Waals surface area contributed by atoms with E-state index in [0.29, 0.717) is 0 Å². The average Bonchev–Trinajstić information content (AvgIpc) is 2.04. The summed E-state index contributed by atoms with van der Waals surface area (Å²) in [6.07, 6.45) is 2.87. The highest BCUT2D eigenvalue weighted by molar-refractivity contribution is 5.87. The molecule has 0 spiro atoms. The van der Waals surface area contributed by atoms with Crippen molar-refractivity contribution in [3.63, 3.8) is 0 Å². The van der Waals surface area contributed by atoms with Gasteiger partial charge in [0.05, 0.1) is 5.56 Å². The maximum absolute atomic E-state index is 10.5. The largest absolute Gasteiger partial charge is 0.478 e. The lowest BCUT2D eigenvalue weighted by Crippen LogP contribution is -2.07. The molecule has 1 unspecified atom stereocenters. The lowest BCUT2D eigenvalue weighted by molar-refractivity contribution is 0.0696. The summed E-state index contributed by atoms with van der Waals surface area (Å²) < 4.78 is 0. The standard InChI is InChI=1S/C8H10N2O2/c1-5(9)6-2-7(8(11)12)4-10-3-6/h2-5H,9H2,1H3,(H,11,12). The van der Waals surface area contributed by atoms with Crippen LogP contribution < -0.4 is 5.73 Å². The van der Waals surface area contributed by atoms with Crippen molar-refractivity contribution in [2.75, 3.05) is 0 Å². The van der Waals surface area contributed by atoms with Gasteiger partial charge in [-0.15, -0.1) is 0 Å². The van der Waals surface area contributed by atoms with E-state index in [2.05, 4.69) is 4.98 Å². The molecule has 0 amide bonds. The lowest BCUT2D eigenvalue weighted by atomic mass is 10.1. The Bertz CT molecular complexity index is 297. The maximum atomic E-state index is 10.5. The Morgan fingerprint density at radius 2 is 2.33 bits per heavy atom. The third-order valence-electron chi connectivity index (χ3n) is 1.53. The summed E-state index contributed by atoms with van der Waals surface area (Å²) >= 11 is 0. The van der Waals surface area contributed by atoms with Crippen LogP contribution in [0.2, 0.25) is 0 Å². The fourth-order valence-electron chi connectivity index (χ4n) is 0.824. The second-order valence-corrected chi connectivity index (χ2v) is 2.60. The van der Waals surface area contributed by atoms with Crippen LogP contribution in [0.4, 0.5) is 0 Å². The molecule has 12 heavy (non-hydrogen) atoms. The van der Waals surface area contributed by atoms with Crippen LogP contribution in [0, 0.1) is 0 Å². The number of pyridine rings is 1. The Morgan fingerprint density at radius 3 is 2.83 bits per heavy atom. The van der Waals surface area contributed by atoms with E-state index in [9.17, 15) is 4.79 Å². The van der Waals surface area contributed by atoms with Gasteiger partial charge in [0.1, 0.15) is 0 Å². The van der Waals surface area contributed by atoms with Crippen LogP contribution in [0.25, 0.3) is 0 Å². The first-order valence-corrected chi connectivity index (χ1v) is 3.55. The number of carbonyl (C=O) groups is 1. The van der Waals surface area contributed by atoms with Crippen LogP contribution in [0.1, 0.15) is 28.9 Å². The molecule has 3 N–H and O–H groups in total. The molecule has 1 aromatic heterocycles. The molecule has 1 heterocycles. The number of aromatic carboxylic acids is 1. The Hall–Kier alpha value is -1.42. The Labute approximate surface area is 70.0 Å². The number of aromatic nitrogens is 1. The molecular formula is C8H10N2O2. The van der Waals surface area contributed by atoms with Gasteiger partial charge in [-0.3, -0.25) is 4.98 Å². The van der Waals surface area contributed by atoms with Crippen LogP contribution in [-0.2, 0) is 0 Å². The van der Waals surface area contributed by atoms with Gasteiger partial charge in [0, 0.05) is 18.4 Å². The summed E-state index contributed by atoms with van der Waals surface area (Å²) in [4.78, 5) is 14.3. The molecule has 0 bridgehead atoms. The van der Waals surface area contributed by atoms with Crippen LogP contribution >= 0.6 is 0 Å². The highest BCUT2D eigenvalue weighted by Gasteiger charge is 2.05. The molecule has 0 aromatic carbocycles. The second kappa shape index (κ2) is 3.32. The number of hydrogen-bond donors (Lipinski definition) is 2. The second-order valence-electron chi connectivity index (χ2n) is 2.60. The van der Waals surface area contributed by atoms with E-state index in [1.807, 2.05) is 0 Å². The van der Waals surface area contributed by atoms with Crippen LogP contribution in [-0.4, -0.2) is 16.1 Å². The van der Waals surface area contributed by atoms with Gasteiger partial charge in [-0.2, -0.15) is 0 Å². The molecule has 4 nitrogen and oxygen atoms in total. The molecule has 0 aliphatic carbocycles. The minimum atomic E-state index is -0.981. The fourth-order valence-corrected chi connectivity index (χ4v) is 0.824. The molecule has 0 aliphatic heterocycles. The number of carboxylic acids is 1. The molecular weight excluding hydrogens is 156 g/mol. The van der Waals surface area contributed by atoms with Crippen molar-refractivity contribution in [2.24, 2.45) is 5.73 Å². The Balaban J connectivity index is 3.04. The van der Waals surface area contributed by atoms with Gasteiger partial charge >= 0.3 is 5.97 Å². The van der Waals surface area contributed by atoms with Crippen LogP contribution in [0.5, 0.6) is 0 Å². The summed E-state index contributed by atoms with van der Waals surface area (Å²) in [6, 6.07) is 1.34. The van der Waals surface area contributed by atoms with Crippen molar-refractivity contribution in [3.05, 3.63) is 29.6 Å². The molecule has 1 rings (SSSR count). The van der Waals surface area contributed by atoms with Gasteiger partial charge < -0.3 is 10.8 Å². The lowest BCUT2D eigenvalue weighted by Gasteiger charge is -2.04. The zero-order valence-corrected chi connectivity index (χ0v) is 6.69. The van der Waals surface area contributed by atoms with Gasteiger partial charge in [0.15, 0.2) is 0 Å². The van der Waals surface area contributed by atoms with E-state index in [0.717, 1.165) is 5.56 Å². The third-order valence-corrected chi connectivity index (χ3v) is 1.53. The van der Waals surface area contributed by atoms with E-state index in [1.165, 1.54) is 12.3 Å². The zero-order chi connectivity index (χ0) is 9.14. The molecule has 0 saturated heterocycles. The van der Waals surface area contributed by atoms with Crippen molar-refractivity contribution in [3.8, 4) is 0 Å². The molecule has 0 fully saturated rings. The summed E-state index contributed by atoms with van der Waals surface area (Å²) in [5.41, 5.74) is 6.45. The fraction of sp³-hybridized carbons (Fsp3) is 0.250. The number of rotatable bonds is 2. The number of nitrogens with two attached hydrogens (primary N) is 1. The zero-order valence-electron chi connectivity index (χ0n) is 6.69. The van der Waals surface area contributed by atoms with Crippen molar-refractivity contribution < 1.29 is 9.90 Å². The number of carboxylic acid groups (broad SMARTS) is 1.